The summed E-state index contributed by atoms with van der Waals surface area (Å²) in [5.74, 6) is -0.138. The van der Waals surface area contributed by atoms with Crippen molar-refractivity contribution in [2.24, 2.45) is 5.92 Å². The Morgan fingerprint density at radius 3 is 2.54 bits per heavy atom. The zero-order valence-electron chi connectivity index (χ0n) is 15.6. The SMILES string of the molecule is CC(C)CN1C(=O)NC(C(O)c2ccc(CN3CCCCCC3)s2)C1=O. The standard InChI is InChI=1S/C19H29N3O3S/c1-13(2)11-22-18(24)16(20-19(22)25)17(23)15-8-7-14(26-15)12-21-9-5-3-4-6-10-21/h7-8,13,16-17,23H,3-6,9-12H2,1-2H3,(H,20,25). The van der Waals surface area contributed by atoms with Crippen molar-refractivity contribution in [1.29, 1.82) is 0 Å². The van der Waals surface area contributed by atoms with Gasteiger partial charge in [-0.2, -0.15) is 0 Å². The molecule has 1 aromatic heterocycles. The lowest BCUT2D eigenvalue weighted by Gasteiger charge is -2.19. The second-order valence-electron chi connectivity index (χ2n) is 7.71. The van der Waals surface area contributed by atoms with Gasteiger partial charge < -0.3 is 10.4 Å². The molecule has 0 aliphatic carbocycles. The summed E-state index contributed by atoms with van der Waals surface area (Å²) in [6.45, 7) is 7.42. The molecule has 2 aliphatic rings. The van der Waals surface area contributed by atoms with E-state index in [0.29, 0.717) is 6.54 Å². The van der Waals surface area contributed by atoms with Crippen LogP contribution in [0.25, 0.3) is 0 Å². The average molecular weight is 380 g/mol. The number of urea groups is 1. The van der Waals surface area contributed by atoms with Crippen LogP contribution in [-0.4, -0.2) is 52.5 Å². The molecule has 0 radical (unpaired) electrons. The van der Waals surface area contributed by atoms with Gasteiger partial charge in [0.2, 0.25) is 0 Å². The summed E-state index contributed by atoms with van der Waals surface area (Å²) in [6.07, 6.45) is 4.11. The van der Waals surface area contributed by atoms with E-state index in [0.717, 1.165) is 24.5 Å². The van der Waals surface area contributed by atoms with Crippen LogP contribution in [0.2, 0.25) is 0 Å². The number of imide groups is 1. The van der Waals surface area contributed by atoms with Gasteiger partial charge >= 0.3 is 6.03 Å². The smallest absolute Gasteiger partial charge is 0.324 e. The van der Waals surface area contributed by atoms with Crippen LogP contribution < -0.4 is 5.32 Å². The minimum absolute atomic E-state index is 0.197. The Morgan fingerprint density at radius 2 is 1.88 bits per heavy atom. The quantitative estimate of drug-likeness (QED) is 0.746. The first kappa shape index (κ1) is 19.3. The fourth-order valence-corrected chi connectivity index (χ4v) is 4.69. The maximum Gasteiger partial charge on any atom is 0.324 e. The van der Waals surface area contributed by atoms with Crippen LogP contribution in [0.3, 0.4) is 0 Å². The maximum atomic E-state index is 12.5. The number of rotatable bonds is 6. The lowest BCUT2D eigenvalue weighted by Crippen LogP contribution is -2.36. The molecule has 26 heavy (non-hydrogen) atoms. The fourth-order valence-electron chi connectivity index (χ4n) is 3.61. The maximum absolute atomic E-state index is 12.5. The highest BCUT2D eigenvalue weighted by molar-refractivity contribution is 7.12. The van der Waals surface area contributed by atoms with Gasteiger partial charge in [0.05, 0.1) is 0 Å². The Kier molecular flexibility index (Phi) is 6.32. The van der Waals surface area contributed by atoms with Crippen LogP contribution in [-0.2, 0) is 11.3 Å². The van der Waals surface area contributed by atoms with Crippen LogP contribution in [0, 0.1) is 5.92 Å². The van der Waals surface area contributed by atoms with Gasteiger partial charge in [0, 0.05) is 22.8 Å². The van der Waals surface area contributed by atoms with Crippen LogP contribution in [0.4, 0.5) is 4.79 Å². The molecular formula is C19H29N3O3S. The molecule has 2 unspecified atom stereocenters. The number of nitrogens with zero attached hydrogens (tertiary/aromatic N) is 2. The molecule has 144 valence electrons. The molecule has 3 heterocycles. The van der Waals surface area contributed by atoms with E-state index in [-0.39, 0.29) is 11.8 Å². The average Bonchev–Trinajstić information content (AvgIpc) is 3.05. The Bertz CT molecular complexity index is 638. The molecule has 2 atom stereocenters. The van der Waals surface area contributed by atoms with Gasteiger partial charge in [0.1, 0.15) is 12.1 Å². The van der Waals surface area contributed by atoms with Gasteiger partial charge in [-0.15, -0.1) is 11.3 Å². The number of hydrogen-bond donors (Lipinski definition) is 2. The van der Waals surface area contributed by atoms with E-state index in [1.807, 2.05) is 26.0 Å². The second-order valence-corrected chi connectivity index (χ2v) is 8.91. The molecule has 3 amide bonds. The van der Waals surface area contributed by atoms with Gasteiger partial charge in [0.25, 0.3) is 5.91 Å². The monoisotopic (exact) mass is 379 g/mol. The summed E-state index contributed by atoms with van der Waals surface area (Å²) in [6, 6.07) is 2.62. The van der Waals surface area contributed by atoms with Crippen molar-refractivity contribution in [1.82, 2.24) is 15.1 Å². The largest absolute Gasteiger partial charge is 0.385 e. The highest BCUT2D eigenvalue weighted by Crippen LogP contribution is 2.29. The normalized spacial score (nSPS) is 23.4. The lowest BCUT2D eigenvalue weighted by atomic mass is 10.1. The number of carbonyl (C=O) groups excluding carboxylic acids is 2. The summed E-state index contributed by atoms with van der Waals surface area (Å²) in [4.78, 5) is 30.2. The van der Waals surface area contributed by atoms with Gasteiger partial charge in [-0.25, -0.2) is 4.79 Å². The molecule has 2 N–H and O–H groups in total. The molecule has 7 heteroatoms. The van der Waals surface area contributed by atoms with E-state index in [2.05, 4.69) is 10.2 Å². The minimum atomic E-state index is -0.994. The zero-order chi connectivity index (χ0) is 18.7. The highest BCUT2D eigenvalue weighted by atomic mass is 32.1. The summed E-state index contributed by atoms with van der Waals surface area (Å²) in [5, 5.41) is 13.3. The molecular weight excluding hydrogens is 350 g/mol. The Labute approximate surface area is 159 Å². The first-order chi connectivity index (χ1) is 12.5. The van der Waals surface area contributed by atoms with E-state index in [1.54, 1.807) is 0 Å². The van der Waals surface area contributed by atoms with E-state index >= 15 is 0 Å². The van der Waals surface area contributed by atoms with Gasteiger partial charge in [-0.05, 0) is 44.0 Å². The van der Waals surface area contributed by atoms with Crippen LogP contribution >= 0.6 is 11.3 Å². The van der Waals surface area contributed by atoms with Crippen molar-refractivity contribution >= 4 is 23.3 Å². The van der Waals surface area contributed by atoms with E-state index < -0.39 is 18.2 Å². The number of aliphatic hydroxyl groups is 1. The van der Waals surface area contributed by atoms with E-state index in [9.17, 15) is 14.7 Å². The Balaban J connectivity index is 1.63. The number of nitrogens with one attached hydrogen (secondary N) is 1. The third-order valence-electron chi connectivity index (χ3n) is 4.97. The molecule has 0 aromatic carbocycles. The molecule has 6 nitrogen and oxygen atoms in total. The Hall–Kier alpha value is -1.44. The number of carbonyl (C=O) groups is 2. The minimum Gasteiger partial charge on any atom is -0.385 e. The molecule has 2 aliphatic heterocycles. The summed E-state index contributed by atoms with van der Waals surface area (Å²) >= 11 is 1.53. The molecule has 0 saturated carbocycles. The molecule has 0 bridgehead atoms. The number of likely N-dealkylation sites (tertiary alicyclic amines) is 1. The van der Waals surface area contributed by atoms with Gasteiger partial charge in [-0.3, -0.25) is 14.6 Å². The van der Waals surface area contributed by atoms with Crippen molar-refractivity contribution in [2.75, 3.05) is 19.6 Å². The number of amides is 3. The lowest BCUT2D eigenvalue weighted by molar-refractivity contribution is -0.130. The zero-order valence-corrected chi connectivity index (χ0v) is 16.4. The molecule has 2 saturated heterocycles. The second kappa shape index (κ2) is 8.50. The Morgan fingerprint density at radius 1 is 1.19 bits per heavy atom. The topological polar surface area (TPSA) is 72.9 Å². The summed E-state index contributed by atoms with van der Waals surface area (Å²) in [7, 11) is 0. The predicted octanol–water partition coefficient (Wildman–Crippen LogP) is 2.73. The third kappa shape index (κ3) is 4.45. The predicted molar refractivity (Wildman–Crippen MR) is 102 cm³/mol. The van der Waals surface area contributed by atoms with Crippen molar-refractivity contribution in [3.05, 3.63) is 21.9 Å². The first-order valence-electron chi connectivity index (χ1n) is 9.56. The van der Waals surface area contributed by atoms with Gasteiger partial charge in [-0.1, -0.05) is 26.7 Å². The molecule has 0 spiro atoms. The van der Waals surface area contributed by atoms with Crippen molar-refractivity contribution < 1.29 is 14.7 Å². The first-order valence-corrected chi connectivity index (χ1v) is 10.4. The molecule has 1 aromatic rings. The number of thiophene rings is 1. The third-order valence-corrected chi connectivity index (χ3v) is 6.11. The van der Waals surface area contributed by atoms with E-state index in [1.165, 1.54) is 46.8 Å². The molecule has 2 fully saturated rings. The van der Waals surface area contributed by atoms with Gasteiger partial charge in [0.15, 0.2) is 0 Å². The summed E-state index contributed by atoms with van der Waals surface area (Å²) < 4.78 is 0. The van der Waals surface area contributed by atoms with Crippen LogP contribution in [0.15, 0.2) is 12.1 Å². The number of hydrogen-bond acceptors (Lipinski definition) is 5. The van der Waals surface area contributed by atoms with Crippen LogP contribution in [0.1, 0.15) is 55.4 Å². The van der Waals surface area contributed by atoms with Crippen LogP contribution in [0.5, 0.6) is 0 Å². The molecule has 3 rings (SSSR count). The van der Waals surface area contributed by atoms with Crippen molar-refractivity contribution in [3.63, 3.8) is 0 Å². The highest BCUT2D eigenvalue weighted by Gasteiger charge is 2.42. The van der Waals surface area contributed by atoms with Crippen molar-refractivity contribution in [2.45, 2.75) is 58.2 Å². The van der Waals surface area contributed by atoms with Crippen molar-refractivity contribution in [3.8, 4) is 0 Å². The van der Waals surface area contributed by atoms with E-state index in [4.69, 9.17) is 0 Å². The summed E-state index contributed by atoms with van der Waals surface area (Å²) in [5.41, 5.74) is 0. The fraction of sp³-hybridized carbons (Fsp3) is 0.684. The number of aliphatic hydroxyl groups excluding tert-OH is 1.